The number of hydrogen-bond donors (Lipinski definition) is 0. The first kappa shape index (κ1) is 13.8. The van der Waals surface area contributed by atoms with Crippen molar-refractivity contribution in [3.8, 4) is 0 Å². The summed E-state index contributed by atoms with van der Waals surface area (Å²) in [4.78, 5) is 0. The Hall–Kier alpha value is -0.157. The summed E-state index contributed by atoms with van der Waals surface area (Å²) < 4.78 is 0.377. The molecule has 1 saturated carbocycles. The third-order valence-electron chi connectivity index (χ3n) is 5.74. The van der Waals surface area contributed by atoms with E-state index in [1.165, 1.54) is 32.1 Å². The zero-order valence-corrected chi connectivity index (χ0v) is 14.5. The second-order valence-corrected chi connectivity index (χ2v) is 8.09. The fourth-order valence-electron chi connectivity index (χ4n) is 4.55. The summed E-state index contributed by atoms with van der Waals surface area (Å²) in [7, 11) is 0. The Morgan fingerprint density at radius 2 is 1.89 bits per heavy atom. The Morgan fingerprint density at radius 1 is 1.16 bits per heavy atom. The molecule has 0 nitrogen and oxygen atoms in total. The van der Waals surface area contributed by atoms with Gasteiger partial charge in [-0.2, -0.15) is 0 Å². The van der Waals surface area contributed by atoms with Crippen LogP contribution in [0.25, 0.3) is 0 Å². The third kappa shape index (κ3) is 1.80. The first-order chi connectivity index (χ1) is 9.18. The summed E-state index contributed by atoms with van der Waals surface area (Å²) in [6.07, 6.45) is 20.6. The van der Waals surface area contributed by atoms with Crippen molar-refractivity contribution < 1.29 is 24.7 Å². The van der Waals surface area contributed by atoms with Gasteiger partial charge in [0.05, 0.1) is 0 Å². The predicted molar refractivity (Wildman–Crippen MR) is 77.5 cm³/mol. The van der Waals surface area contributed by atoms with Crippen molar-refractivity contribution in [2.45, 2.75) is 49.1 Å². The van der Waals surface area contributed by atoms with Gasteiger partial charge in [-0.25, -0.2) is 0 Å². The zero-order chi connectivity index (χ0) is 13.5. The topological polar surface area (TPSA) is 0 Å². The van der Waals surface area contributed by atoms with E-state index in [0.29, 0.717) is 8.54 Å². The molecule has 19 heavy (non-hydrogen) atoms. The van der Waals surface area contributed by atoms with Gasteiger partial charge in [-0.1, -0.05) is 0 Å². The molecule has 3 aliphatic rings. The summed E-state index contributed by atoms with van der Waals surface area (Å²) in [6.45, 7) is 4.83. The van der Waals surface area contributed by atoms with Crippen molar-refractivity contribution >= 4 is 0 Å². The molecule has 3 rings (SSSR count). The van der Waals surface area contributed by atoms with E-state index in [-0.39, 0.29) is 0 Å². The molecule has 0 spiro atoms. The van der Waals surface area contributed by atoms with Gasteiger partial charge in [-0.3, -0.25) is 0 Å². The van der Waals surface area contributed by atoms with Gasteiger partial charge in [-0.05, 0) is 0 Å². The Morgan fingerprint density at radius 3 is 2.53 bits per heavy atom. The molecular formula is C18H23Zr. The normalized spacial score (nSPS) is 35.1. The van der Waals surface area contributed by atoms with Crippen molar-refractivity contribution in [2.75, 3.05) is 0 Å². The van der Waals surface area contributed by atoms with Crippen LogP contribution in [0.5, 0.6) is 0 Å². The first-order valence-corrected chi connectivity index (χ1v) is 8.89. The van der Waals surface area contributed by atoms with E-state index in [1.807, 2.05) is 0 Å². The Kier molecular flexibility index (Phi) is 3.63. The number of allylic oxidation sites excluding steroid dienone is 8. The van der Waals surface area contributed by atoms with Crippen LogP contribution in [0.2, 0.25) is 3.12 Å². The van der Waals surface area contributed by atoms with Gasteiger partial charge < -0.3 is 0 Å². The van der Waals surface area contributed by atoms with Crippen molar-refractivity contribution in [3.05, 3.63) is 47.6 Å². The standard InChI is InChI=1S/C18H23.Zr/c1-3-18(4-2)13-15-11-7-8-12-16(15)17(18)14-9-5-6-10-14;/h5-9,12,15H,3-4,10-11,13H2,1-2H3;. The maximum absolute atomic E-state index is 2.45. The van der Waals surface area contributed by atoms with Crippen molar-refractivity contribution in [2.24, 2.45) is 11.3 Å². The molecule has 2 unspecified atom stereocenters. The van der Waals surface area contributed by atoms with E-state index < -0.39 is 0 Å². The number of hydrogen-bond acceptors (Lipinski definition) is 0. The average Bonchev–Trinajstić information content (AvgIpc) is 3.05. The molecule has 99 valence electrons. The molecule has 0 heterocycles. The van der Waals surface area contributed by atoms with Gasteiger partial charge in [-0.15, -0.1) is 0 Å². The molecule has 3 aliphatic carbocycles. The van der Waals surface area contributed by atoms with Gasteiger partial charge in [0, 0.05) is 0 Å². The Bertz CT molecular complexity index is 488. The second kappa shape index (κ2) is 4.99. The van der Waals surface area contributed by atoms with Gasteiger partial charge in [0.1, 0.15) is 0 Å². The molecule has 1 heteroatoms. The van der Waals surface area contributed by atoms with Crippen molar-refractivity contribution in [1.29, 1.82) is 0 Å². The monoisotopic (exact) mass is 329 g/mol. The fraction of sp³-hybridized carbons (Fsp3) is 0.556. The van der Waals surface area contributed by atoms with Crippen LogP contribution in [0.3, 0.4) is 0 Å². The first-order valence-electron chi connectivity index (χ1n) is 7.66. The molecule has 1 fully saturated rings. The van der Waals surface area contributed by atoms with E-state index in [1.54, 1.807) is 35.9 Å². The molecule has 0 amide bonds. The van der Waals surface area contributed by atoms with Gasteiger partial charge in [0.15, 0.2) is 0 Å². The van der Waals surface area contributed by atoms with Gasteiger partial charge >= 0.3 is 133 Å². The molecule has 0 aromatic rings. The van der Waals surface area contributed by atoms with Gasteiger partial charge in [0.25, 0.3) is 0 Å². The predicted octanol–water partition coefficient (Wildman–Crippen LogP) is 5.29. The minimum absolute atomic E-state index is 0.377. The molecule has 0 radical (unpaired) electrons. The van der Waals surface area contributed by atoms with Crippen LogP contribution in [-0.4, -0.2) is 0 Å². The number of rotatable bonds is 3. The van der Waals surface area contributed by atoms with Crippen molar-refractivity contribution in [3.63, 3.8) is 0 Å². The van der Waals surface area contributed by atoms with Crippen LogP contribution in [-0.2, 0) is 24.7 Å². The van der Waals surface area contributed by atoms with Crippen molar-refractivity contribution in [1.82, 2.24) is 0 Å². The van der Waals surface area contributed by atoms with Crippen LogP contribution in [0.15, 0.2) is 47.6 Å². The van der Waals surface area contributed by atoms with E-state index >= 15 is 0 Å². The van der Waals surface area contributed by atoms with Crippen LogP contribution in [0.1, 0.15) is 46.0 Å². The van der Waals surface area contributed by atoms with E-state index in [4.69, 9.17) is 0 Å². The number of fused-ring (bicyclic) bond motifs is 1. The van der Waals surface area contributed by atoms with Crippen LogP contribution >= 0.6 is 0 Å². The SMILES string of the molecule is CCC1(CC)CC2CC=CC=C2[C]1([Zr])C1=CC=CC1. The second-order valence-electron chi connectivity index (χ2n) is 6.25. The summed E-state index contributed by atoms with van der Waals surface area (Å²) >= 11 is 1.71. The zero-order valence-electron chi connectivity index (χ0n) is 12.1. The van der Waals surface area contributed by atoms with Crippen LogP contribution in [0.4, 0.5) is 0 Å². The Labute approximate surface area is 132 Å². The summed E-state index contributed by atoms with van der Waals surface area (Å²) in [5, 5.41) is 0. The third-order valence-corrected chi connectivity index (χ3v) is 8.55. The van der Waals surface area contributed by atoms with Crippen LogP contribution in [0, 0.1) is 11.3 Å². The Balaban J connectivity index is 2.13. The average molecular weight is 331 g/mol. The fourth-order valence-corrected chi connectivity index (χ4v) is 6.84. The van der Waals surface area contributed by atoms with E-state index in [0.717, 1.165) is 5.92 Å². The maximum atomic E-state index is 2.45. The summed E-state index contributed by atoms with van der Waals surface area (Å²) in [6, 6.07) is 0. The summed E-state index contributed by atoms with van der Waals surface area (Å²) in [5.74, 6) is 0.811. The van der Waals surface area contributed by atoms with Gasteiger partial charge in [0.2, 0.25) is 0 Å². The van der Waals surface area contributed by atoms with E-state index in [9.17, 15) is 0 Å². The molecule has 0 N–H and O–H groups in total. The molecule has 0 aliphatic heterocycles. The minimum atomic E-state index is 0.377. The molecule has 0 saturated heterocycles. The van der Waals surface area contributed by atoms with Crippen LogP contribution < -0.4 is 0 Å². The molecule has 0 aromatic carbocycles. The molecule has 0 bridgehead atoms. The summed E-state index contributed by atoms with van der Waals surface area (Å²) in [5.41, 5.74) is 3.96. The molecule has 2 atom stereocenters. The molecular weight excluding hydrogens is 307 g/mol. The molecule has 0 aromatic heterocycles. The quantitative estimate of drug-likeness (QED) is 0.659. The van der Waals surface area contributed by atoms with E-state index in [2.05, 4.69) is 50.3 Å².